The number of aromatic carboxylic acids is 1. The van der Waals surface area contributed by atoms with Gasteiger partial charge in [-0.25, -0.2) is 9.59 Å². The quantitative estimate of drug-likeness (QED) is 0.454. The van der Waals surface area contributed by atoms with Crippen molar-refractivity contribution in [2.75, 3.05) is 0 Å². The molecule has 0 aliphatic rings. The molecule has 1 aromatic rings. The summed E-state index contributed by atoms with van der Waals surface area (Å²) in [6.07, 6.45) is 0. The van der Waals surface area contributed by atoms with E-state index in [-0.39, 0.29) is 40.7 Å². The molecule has 0 heterocycles. The molecule has 0 aliphatic heterocycles. The van der Waals surface area contributed by atoms with Crippen molar-refractivity contribution in [2.24, 2.45) is 0 Å². The van der Waals surface area contributed by atoms with Gasteiger partial charge in [0, 0.05) is 6.92 Å². The molecule has 0 unspecified atom stereocenters. The van der Waals surface area contributed by atoms with Gasteiger partial charge in [-0.1, -0.05) is 12.1 Å². The number of hydrogen-bond donors (Lipinski definition) is 1. The number of carboxylic acids is 1. The number of ether oxygens (including phenoxy) is 1. The number of carbonyl (C=O) groups is 3. The zero-order valence-electron chi connectivity index (χ0n) is 7.89. The van der Waals surface area contributed by atoms with E-state index in [4.69, 9.17) is 5.11 Å². The number of benzene rings is 1. The Kier molecular flexibility index (Phi) is 5.95. The van der Waals surface area contributed by atoms with Crippen molar-refractivity contribution >= 4 is 47.5 Å². The van der Waals surface area contributed by atoms with Gasteiger partial charge in [0.05, 0.1) is 11.1 Å². The van der Waals surface area contributed by atoms with E-state index in [0.29, 0.717) is 0 Å². The molecule has 1 N–H and O–H groups in total. The van der Waals surface area contributed by atoms with Crippen LogP contribution in [0, 0.1) is 0 Å². The van der Waals surface area contributed by atoms with Gasteiger partial charge in [-0.2, -0.15) is 0 Å². The van der Waals surface area contributed by atoms with Crippen LogP contribution in [-0.4, -0.2) is 52.6 Å². The van der Waals surface area contributed by atoms with Crippen molar-refractivity contribution in [3.05, 3.63) is 35.4 Å². The zero-order valence-corrected chi connectivity index (χ0v) is 7.89. The molecule has 0 saturated carbocycles. The SMILES string of the molecule is CC(=O)OC(=O)c1ccccc1C(=O)O.[NaH]. The van der Waals surface area contributed by atoms with Crippen molar-refractivity contribution < 1.29 is 24.2 Å². The summed E-state index contributed by atoms with van der Waals surface area (Å²) in [4.78, 5) is 32.5. The maximum atomic E-state index is 11.3. The second-order valence-corrected chi connectivity index (χ2v) is 2.73. The zero-order chi connectivity index (χ0) is 11.4. The van der Waals surface area contributed by atoms with Crippen LogP contribution in [0.5, 0.6) is 0 Å². The first-order valence-corrected chi connectivity index (χ1v) is 4.07. The van der Waals surface area contributed by atoms with E-state index in [9.17, 15) is 14.4 Å². The molecule has 1 aromatic carbocycles. The second-order valence-electron chi connectivity index (χ2n) is 2.73. The molecule has 0 spiro atoms. The summed E-state index contributed by atoms with van der Waals surface area (Å²) in [5, 5.41) is 8.76. The van der Waals surface area contributed by atoms with Gasteiger partial charge in [0.1, 0.15) is 0 Å². The molecule has 80 valence electrons. The normalized spacial score (nSPS) is 8.81. The summed E-state index contributed by atoms with van der Waals surface area (Å²) < 4.78 is 4.29. The number of carbonyl (C=O) groups excluding carboxylic acids is 2. The molecule has 1 rings (SSSR count). The summed E-state index contributed by atoms with van der Waals surface area (Å²) in [6, 6.07) is 5.52. The fourth-order valence-corrected chi connectivity index (χ4v) is 1.03. The second kappa shape index (κ2) is 6.42. The van der Waals surface area contributed by atoms with Gasteiger partial charge in [-0.15, -0.1) is 0 Å². The van der Waals surface area contributed by atoms with E-state index in [1.807, 2.05) is 0 Å². The number of rotatable bonds is 2. The Labute approximate surface area is 114 Å². The Morgan fingerprint density at radius 3 is 2.06 bits per heavy atom. The molecule has 0 radical (unpaired) electrons. The van der Waals surface area contributed by atoms with Crippen molar-refractivity contribution in [1.82, 2.24) is 0 Å². The molecule has 0 aliphatic carbocycles. The van der Waals surface area contributed by atoms with Crippen LogP contribution in [0.15, 0.2) is 24.3 Å². The van der Waals surface area contributed by atoms with Gasteiger partial charge in [0.25, 0.3) is 0 Å². The Bertz CT molecular complexity index is 427. The fourth-order valence-electron chi connectivity index (χ4n) is 1.03. The summed E-state index contributed by atoms with van der Waals surface area (Å²) >= 11 is 0. The van der Waals surface area contributed by atoms with Gasteiger partial charge in [0.15, 0.2) is 0 Å². The van der Waals surface area contributed by atoms with Crippen LogP contribution in [0.4, 0.5) is 0 Å². The molecule has 0 atom stereocenters. The Hall–Kier alpha value is -1.17. The van der Waals surface area contributed by atoms with Crippen LogP contribution < -0.4 is 0 Å². The van der Waals surface area contributed by atoms with Gasteiger partial charge in [0.2, 0.25) is 0 Å². The number of esters is 2. The van der Waals surface area contributed by atoms with Gasteiger partial charge in [-0.05, 0) is 12.1 Å². The van der Waals surface area contributed by atoms with Gasteiger partial charge in [-0.3, -0.25) is 4.79 Å². The molecule has 0 fully saturated rings. The molecular formula is C10H9NaO5. The van der Waals surface area contributed by atoms with Crippen molar-refractivity contribution in [3.63, 3.8) is 0 Å². The topological polar surface area (TPSA) is 80.7 Å². The first-order valence-electron chi connectivity index (χ1n) is 4.07. The van der Waals surface area contributed by atoms with E-state index in [0.717, 1.165) is 6.92 Å². The summed E-state index contributed by atoms with van der Waals surface area (Å²) in [5.41, 5.74) is -0.330. The third-order valence-electron chi connectivity index (χ3n) is 1.61. The predicted molar refractivity (Wildman–Crippen MR) is 56.6 cm³/mol. The predicted octanol–water partition coefficient (Wildman–Crippen LogP) is 0.440. The average Bonchev–Trinajstić information content (AvgIpc) is 2.16. The summed E-state index contributed by atoms with van der Waals surface area (Å²) in [5.74, 6) is -2.98. The van der Waals surface area contributed by atoms with Crippen molar-refractivity contribution in [3.8, 4) is 0 Å². The van der Waals surface area contributed by atoms with E-state index in [1.54, 1.807) is 0 Å². The van der Waals surface area contributed by atoms with E-state index in [1.165, 1.54) is 24.3 Å². The maximum absolute atomic E-state index is 11.3. The van der Waals surface area contributed by atoms with Gasteiger partial charge < -0.3 is 9.84 Å². The van der Waals surface area contributed by atoms with Crippen molar-refractivity contribution in [2.45, 2.75) is 6.92 Å². The molecule has 0 bridgehead atoms. The van der Waals surface area contributed by atoms with Crippen LogP contribution in [-0.2, 0) is 9.53 Å². The number of hydrogen-bond acceptors (Lipinski definition) is 4. The molecule has 0 amide bonds. The Morgan fingerprint density at radius 2 is 1.62 bits per heavy atom. The van der Waals surface area contributed by atoms with Crippen LogP contribution in [0.1, 0.15) is 27.6 Å². The Morgan fingerprint density at radius 1 is 1.12 bits per heavy atom. The average molecular weight is 232 g/mol. The van der Waals surface area contributed by atoms with Crippen LogP contribution in [0.2, 0.25) is 0 Å². The minimum absolute atomic E-state index is 0. The molecular weight excluding hydrogens is 223 g/mol. The Balaban J connectivity index is 0.00000225. The monoisotopic (exact) mass is 232 g/mol. The van der Waals surface area contributed by atoms with Gasteiger partial charge >= 0.3 is 47.5 Å². The first-order chi connectivity index (χ1) is 7.02. The summed E-state index contributed by atoms with van der Waals surface area (Å²) in [7, 11) is 0. The first kappa shape index (κ1) is 14.8. The molecule has 5 nitrogen and oxygen atoms in total. The minimum atomic E-state index is -1.24. The van der Waals surface area contributed by atoms with E-state index >= 15 is 0 Å². The summed E-state index contributed by atoms with van der Waals surface area (Å²) in [6.45, 7) is 1.07. The number of carboxylic acid groups (broad SMARTS) is 1. The standard InChI is InChI=1S/C10H8O5.Na.H/c1-6(11)15-10(14)8-5-3-2-4-7(8)9(12)13;;/h2-5H,1H3,(H,12,13);;. The van der Waals surface area contributed by atoms with Crippen molar-refractivity contribution in [1.29, 1.82) is 0 Å². The van der Waals surface area contributed by atoms with Crippen LogP contribution in [0.3, 0.4) is 0 Å². The van der Waals surface area contributed by atoms with Crippen LogP contribution >= 0.6 is 0 Å². The molecule has 16 heavy (non-hydrogen) atoms. The van der Waals surface area contributed by atoms with E-state index in [2.05, 4.69) is 4.74 Å². The third-order valence-corrected chi connectivity index (χ3v) is 1.61. The van der Waals surface area contributed by atoms with E-state index < -0.39 is 17.9 Å². The third kappa shape index (κ3) is 3.77. The molecule has 0 saturated heterocycles. The van der Waals surface area contributed by atoms with Crippen LogP contribution in [0.25, 0.3) is 0 Å². The molecule has 6 heteroatoms. The fraction of sp³-hybridized carbons (Fsp3) is 0.100. The molecule has 0 aromatic heterocycles.